The fraction of sp³-hybridized carbons (Fsp3) is 0.438. The van der Waals surface area contributed by atoms with Crippen molar-refractivity contribution >= 4 is 22.7 Å². The van der Waals surface area contributed by atoms with Crippen molar-refractivity contribution in [3.63, 3.8) is 0 Å². The van der Waals surface area contributed by atoms with E-state index in [1.165, 1.54) is 10.9 Å². The van der Waals surface area contributed by atoms with Gasteiger partial charge in [0.05, 0.1) is 5.52 Å². The maximum Gasteiger partial charge on any atom is 0.0750 e. The molecule has 20 heavy (non-hydrogen) atoms. The van der Waals surface area contributed by atoms with E-state index in [2.05, 4.69) is 54.4 Å². The van der Waals surface area contributed by atoms with Gasteiger partial charge in [-0.05, 0) is 31.9 Å². The summed E-state index contributed by atoms with van der Waals surface area (Å²) in [5, 5.41) is 1.18. The summed E-state index contributed by atoms with van der Waals surface area (Å²) in [6.45, 7) is 2.85. The standard InChI is InChI=1S/C16H23N3S/c1-12(11-20-3)19(2)15(10-17)14-8-4-6-13-7-5-9-18-16(13)14/h4-9,12,15H,10-11,17H2,1-3H3. The van der Waals surface area contributed by atoms with Gasteiger partial charge in [0.2, 0.25) is 0 Å². The molecule has 0 amide bonds. The molecular weight excluding hydrogens is 266 g/mol. The van der Waals surface area contributed by atoms with E-state index < -0.39 is 0 Å². The topological polar surface area (TPSA) is 42.1 Å². The van der Waals surface area contributed by atoms with Crippen molar-refractivity contribution in [1.82, 2.24) is 9.88 Å². The molecule has 0 aliphatic carbocycles. The molecule has 0 radical (unpaired) electrons. The smallest absolute Gasteiger partial charge is 0.0750 e. The number of pyridine rings is 1. The van der Waals surface area contributed by atoms with Gasteiger partial charge in [0.1, 0.15) is 0 Å². The predicted octanol–water partition coefficient (Wildman–Crippen LogP) is 2.92. The molecule has 2 atom stereocenters. The largest absolute Gasteiger partial charge is 0.329 e. The Balaban J connectivity index is 2.39. The lowest BCUT2D eigenvalue weighted by molar-refractivity contribution is 0.205. The van der Waals surface area contributed by atoms with E-state index in [-0.39, 0.29) is 6.04 Å². The molecule has 0 aliphatic heterocycles. The molecule has 2 N–H and O–H groups in total. The zero-order chi connectivity index (χ0) is 14.5. The number of nitrogens with zero attached hydrogens (tertiary/aromatic N) is 2. The van der Waals surface area contributed by atoms with E-state index in [4.69, 9.17) is 5.73 Å². The van der Waals surface area contributed by atoms with Crippen LogP contribution in [-0.4, -0.2) is 41.5 Å². The molecule has 0 aliphatic rings. The Bertz CT molecular complexity index is 553. The highest BCUT2D eigenvalue weighted by Gasteiger charge is 2.22. The average molecular weight is 289 g/mol. The van der Waals surface area contributed by atoms with Crippen LogP contribution in [0.3, 0.4) is 0 Å². The van der Waals surface area contributed by atoms with Gasteiger partial charge in [-0.1, -0.05) is 24.3 Å². The lowest BCUT2D eigenvalue weighted by atomic mass is 10.0. The number of fused-ring (bicyclic) bond motifs is 1. The number of para-hydroxylation sites is 1. The zero-order valence-corrected chi connectivity index (χ0v) is 13.2. The molecule has 1 heterocycles. The number of likely N-dealkylation sites (N-methyl/N-ethyl adjacent to an activating group) is 1. The number of hydrogen-bond acceptors (Lipinski definition) is 4. The molecule has 0 bridgehead atoms. The Labute approximate surface area is 125 Å². The molecule has 0 fully saturated rings. The van der Waals surface area contributed by atoms with Crippen LogP contribution in [-0.2, 0) is 0 Å². The summed E-state index contributed by atoms with van der Waals surface area (Å²) < 4.78 is 0. The summed E-state index contributed by atoms with van der Waals surface area (Å²) in [5.41, 5.74) is 8.34. The predicted molar refractivity (Wildman–Crippen MR) is 89.1 cm³/mol. The van der Waals surface area contributed by atoms with Crippen molar-refractivity contribution in [3.8, 4) is 0 Å². The third kappa shape index (κ3) is 3.14. The maximum atomic E-state index is 6.05. The van der Waals surface area contributed by atoms with Crippen molar-refractivity contribution in [2.75, 3.05) is 25.6 Å². The van der Waals surface area contributed by atoms with E-state index in [0.29, 0.717) is 12.6 Å². The van der Waals surface area contributed by atoms with Crippen LogP contribution in [0.15, 0.2) is 36.5 Å². The molecule has 2 aromatic rings. The molecule has 2 rings (SSSR count). The van der Waals surface area contributed by atoms with Gasteiger partial charge in [0.15, 0.2) is 0 Å². The Kier molecular flexibility index (Phi) is 5.40. The molecule has 108 valence electrons. The Morgan fingerprint density at radius 1 is 1.30 bits per heavy atom. The van der Waals surface area contributed by atoms with Gasteiger partial charge in [-0.15, -0.1) is 0 Å². The van der Waals surface area contributed by atoms with Crippen LogP contribution in [0.5, 0.6) is 0 Å². The summed E-state index contributed by atoms with van der Waals surface area (Å²) in [5.74, 6) is 1.10. The SMILES string of the molecule is CSCC(C)N(C)C(CN)c1cccc2cccnc12. The maximum absolute atomic E-state index is 6.05. The summed E-state index contributed by atoms with van der Waals surface area (Å²) >= 11 is 1.87. The van der Waals surface area contributed by atoms with Gasteiger partial charge in [0, 0.05) is 36.0 Å². The minimum absolute atomic E-state index is 0.204. The third-order valence-electron chi connectivity index (χ3n) is 3.84. The number of rotatable bonds is 6. The van der Waals surface area contributed by atoms with Crippen molar-refractivity contribution < 1.29 is 0 Å². The number of thioether (sulfide) groups is 1. The van der Waals surface area contributed by atoms with Crippen molar-refractivity contribution in [3.05, 3.63) is 42.1 Å². The van der Waals surface area contributed by atoms with Crippen LogP contribution < -0.4 is 5.73 Å². The van der Waals surface area contributed by atoms with Crippen LogP contribution >= 0.6 is 11.8 Å². The first-order valence-corrected chi connectivity index (χ1v) is 8.33. The summed E-state index contributed by atoms with van der Waals surface area (Å²) in [6.07, 6.45) is 3.99. The Hall–Kier alpha value is -1.10. The molecule has 1 aromatic carbocycles. The Morgan fingerprint density at radius 2 is 2.05 bits per heavy atom. The van der Waals surface area contributed by atoms with Crippen LogP contribution in [0, 0.1) is 0 Å². The van der Waals surface area contributed by atoms with E-state index in [1.54, 1.807) is 0 Å². The van der Waals surface area contributed by atoms with Gasteiger partial charge in [-0.25, -0.2) is 0 Å². The minimum atomic E-state index is 0.204. The second-order valence-electron chi connectivity index (χ2n) is 5.14. The highest BCUT2D eigenvalue weighted by Crippen LogP contribution is 2.27. The molecule has 1 aromatic heterocycles. The van der Waals surface area contributed by atoms with Gasteiger partial charge in [-0.3, -0.25) is 9.88 Å². The number of nitrogens with two attached hydrogens (primary N) is 1. The first kappa shape index (κ1) is 15.3. The number of hydrogen-bond donors (Lipinski definition) is 1. The van der Waals surface area contributed by atoms with E-state index in [0.717, 1.165) is 11.3 Å². The lowest BCUT2D eigenvalue weighted by Crippen LogP contribution is -2.38. The van der Waals surface area contributed by atoms with Crippen molar-refractivity contribution in [1.29, 1.82) is 0 Å². The number of benzene rings is 1. The first-order valence-electron chi connectivity index (χ1n) is 6.93. The summed E-state index contributed by atoms with van der Waals surface area (Å²) in [6, 6.07) is 11.1. The van der Waals surface area contributed by atoms with E-state index >= 15 is 0 Å². The van der Waals surface area contributed by atoms with Crippen LogP contribution in [0.4, 0.5) is 0 Å². The highest BCUT2D eigenvalue weighted by atomic mass is 32.2. The van der Waals surface area contributed by atoms with E-state index in [9.17, 15) is 0 Å². The third-order valence-corrected chi connectivity index (χ3v) is 4.66. The highest BCUT2D eigenvalue weighted by molar-refractivity contribution is 7.98. The first-order chi connectivity index (χ1) is 9.69. The second-order valence-corrected chi connectivity index (χ2v) is 6.05. The molecule has 0 spiro atoms. The van der Waals surface area contributed by atoms with Gasteiger partial charge in [0.25, 0.3) is 0 Å². The minimum Gasteiger partial charge on any atom is -0.329 e. The average Bonchev–Trinajstić information content (AvgIpc) is 2.48. The zero-order valence-electron chi connectivity index (χ0n) is 12.4. The van der Waals surface area contributed by atoms with Crippen LogP contribution in [0.2, 0.25) is 0 Å². The number of aromatic nitrogens is 1. The van der Waals surface area contributed by atoms with Crippen molar-refractivity contribution in [2.45, 2.75) is 19.0 Å². The van der Waals surface area contributed by atoms with Gasteiger partial charge >= 0.3 is 0 Å². The second kappa shape index (κ2) is 7.07. The lowest BCUT2D eigenvalue weighted by Gasteiger charge is -2.32. The fourth-order valence-electron chi connectivity index (χ4n) is 2.58. The molecule has 0 saturated heterocycles. The van der Waals surface area contributed by atoms with Crippen LogP contribution in [0.1, 0.15) is 18.5 Å². The molecule has 4 heteroatoms. The fourth-order valence-corrected chi connectivity index (χ4v) is 3.29. The summed E-state index contributed by atoms with van der Waals surface area (Å²) in [4.78, 5) is 6.91. The van der Waals surface area contributed by atoms with Crippen LogP contribution in [0.25, 0.3) is 10.9 Å². The van der Waals surface area contributed by atoms with Crippen molar-refractivity contribution in [2.24, 2.45) is 5.73 Å². The molecule has 0 saturated carbocycles. The normalized spacial score (nSPS) is 14.7. The summed E-state index contributed by atoms with van der Waals surface area (Å²) in [7, 11) is 2.15. The molecular formula is C16H23N3S. The van der Waals surface area contributed by atoms with E-state index in [1.807, 2.05) is 24.0 Å². The molecule has 2 unspecified atom stereocenters. The van der Waals surface area contributed by atoms with Gasteiger partial charge < -0.3 is 5.73 Å². The monoisotopic (exact) mass is 289 g/mol. The Morgan fingerprint density at radius 3 is 2.75 bits per heavy atom. The quantitative estimate of drug-likeness (QED) is 0.888. The van der Waals surface area contributed by atoms with Gasteiger partial charge in [-0.2, -0.15) is 11.8 Å². The molecule has 3 nitrogen and oxygen atoms in total.